The molecule has 0 saturated heterocycles. The Balaban J connectivity index is 1.92. The minimum Gasteiger partial charge on any atom is -0.545 e. The number of aromatic nitrogens is 2. The molecule has 7 heteroatoms. The van der Waals surface area contributed by atoms with Crippen LogP contribution in [0, 0.1) is 10.1 Å². The second kappa shape index (κ2) is 6.88. The van der Waals surface area contributed by atoms with Crippen LogP contribution in [0.1, 0.15) is 10.4 Å². The summed E-state index contributed by atoms with van der Waals surface area (Å²) in [5.41, 5.74) is 3.07. The zero-order valence-electron chi connectivity index (χ0n) is 14.4. The van der Waals surface area contributed by atoms with Gasteiger partial charge in [-0.3, -0.25) is 15.1 Å². The highest BCUT2D eigenvalue weighted by molar-refractivity contribution is 5.94. The number of nitro groups is 1. The number of rotatable bonds is 4. The highest BCUT2D eigenvalue weighted by atomic mass is 16.6. The molecule has 4 rings (SSSR count). The first-order chi connectivity index (χ1) is 13.5. The standard InChI is InChI=1S/C21H13N3O4/c25-21(26)14-8-6-13(7-9-14)18-12-16-4-2-10-22-19(16)20(23-18)15-3-1-5-17(11-15)24(27)28/h1-12H,(H,25,26)/p-1. The third kappa shape index (κ3) is 3.16. The zero-order chi connectivity index (χ0) is 19.7. The highest BCUT2D eigenvalue weighted by Gasteiger charge is 2.14. The van der Waals surface area contributed by atoms with E-state index in [0.717, 1.165) is 5.39 Å². The van der Waals surface area contributed by atoms with Gasteiger partial charge in [-0.05, 0) is 17.7 Å². The fourth-order valence-corrected chi connectivity index (χ4v) is 2.98. The molecule has 2 aromatic heterocycles. The average Bonchev–Trinajstić information content (AvgIpc) is 2.73. The molecular weight excluding hydrogens is 358 g/mol. The van der Waals surface area contributed by atoms with Crippen molar-refractivity contribution >= 4 is 22.6 Å². The fourth-order valence-electron chi connectivity index (χ4n) is 2.98. The molecule has 4 aromatic rings. The number of fused-ring (bicyclic) bond motifs is 1. The van der Waals surface area contributed by atoms with Crippen LogP contribution < -0.4 is 5.11 Å². The molecule has 0 atom stereocenters. The Labute approximate surface area is 159 Å². The van der Waals surface area contributed by atoms with Gasteiger partial charge >= 0.3 is 0 Å². The van der Waals surface area contributed by atoms with Gasteiger partial charge in [0, 0.05) is 34.8 Å². The largest absolute Gasteiger partial charge is 0.545 e. The van der Waals surface area contributed by atoms with Crippen molar-refractivity contribution in [3.8, 4) is 22.5 Å². The number of non-ortho nitro benzene ring substituents is 1. The van der Waals surface area contributed by atoms with Crippen molar-refractivity contribution in [2.24, 2.45) is 0 Å². The normalized spacial score (nSPS) is 10.7. The van der Waals surface area contributed by atoms with Crippen molar-refractivity contribution in [1.82, 2.24) is 9.97 Å². The summed E-state index contributed by atoms with van der Waals surface area (Å²) in [7, 11) is 0. The Hall–Kier alpha value is -4.13. The minimum atomic E-state index is -1.25. The Morgan fingerprint density at radius 2 is 1.71 bits per heavy atom. The molecule has 28 heavy (non-hydrogen) atoms. The van der Waals surface area contributed by atoms with Gasteiger partial charge in [0.2, 0.25) is 0 Å². The lowest BCUT2D eigenvalue weighted by atomic mass is 10.0. The van der Waals surface area contributed by atoms with Gasteiger partial charge in [0.1, 0.15) is 0 Å². The van der Waals surface area contributed by atoms with E-state index in [4.69, 9.17) is 0 Å². The first-order valence-corrected chi connectivity index (χ1v) is 8.35. The van der Waals surface area contributed by atoms with Crippen LogP contribution in [0.4, 0.5) is 5.69 Å². The Morgan fingerprint density at radius 1 is 0.929 bits per heavy atom. The molecule has 0 bridgehead atoms. The van der Waals surface area contributed by atoms with Crippen LogP contribution in [0.3, 0.4) is 0 Å². The molecule has 0 saturated carbocycles. The van der Waals surface area contributed by atoms with E-state index in [9.17, 15) is 20.0 Å². The van der Waals surface area contributed by atoms with Crippen molar-refractivity contribution in [3.05, 3.63) is 88.6 Å². The summed E-state index contributed by atoms with van der Waals surface area (Å²) in [6.07, 6.45) is 1.64. The lowest BCUT2D eigenvalue weighted by Crippen LogP contribution is -2.21. The maximum absolute atomic E-state index is 11.1. The van der Waals surface area contributed by atoms with E-state index in [-0.39, 0.29) is 11.3 Å². The Bertz CT molecular complexity index is 1220. The van der Waals surface area contributed by atoms with Crippen LogP contribution in [0.5, 0.6) is 0 Å². The number of carboxylic acids is 1. The molecule has 2 aromatic carbocycles. The van der Waals surface area contributed by atoms with Crippen LogP contribution in [0.25, 0.3) is 33.4 Å². The van der Waals surface area contributed by atoms with Gasteiger partial charge in [-0.2, -0.15) is 0 Å². The molecular formula is C21H12N3O4-. The summed E-state index contributed by atoms with van der Waals surface area (Å²) in [6, 6.07) is 17.9. The molecule has 7 nitrogen and oxygen atoms in total. The molecule has 0 unspecified atom stereocenters. The van der Waals surface area contributed by atoms with Crippen LogP contribution >= 0.6 is 0 Å². The predicted molar refractivity (Wildman–Crippen MR) is 101 cm³/mol. The van der Waals surface area contributed by atoms with Gasteiger partial charge in [0.05, 0.1) is 27.8 Å². The number of carbonyl (C=O) groups excluding carboxylic acids is 1. The first kappa shape index (κ1) is 17.3. The number of aromatic carboxylic acids is 1. The van der Waals surface area contributed by atoms with Crippen molar-refractivity contribution < 1.29 is 14.8 Å². The summed E-state index contributed by atoms with van der Waals surface area (Å²) in [5, 5.41) is 22.9. The maximum atomic E-state index is 11.1. The van der Waals surface area contributed by atoms with E-state index in [1.54, 1.807) is 36.5 Å². The number of carboxylic acid groups (broad SMARTS) is 1. The van der Waals surface area contributed by atoms with E-state index in [1.165, 1.54) is 24.3 Å². The number of hydrogen-bond acceptors (Lipinski definition) is 6. The van der Waals surface area contributed by atoms with Gasteiger partial charge in [0.25, 0.3) is 5.69 Å². The molecule has 0 amide bonds. The number of pyridine rings is 2. The molecule has 0 radical (unpaired) electrons. The van der Waals surface area contributed by atoms with E-state index in [2.05, 4.69) is 9.97 Å². The molecule has 0 aliphatic heterocycles. The summed E-state index contributed by atoms with van der Waals surface area (Å²) >= 11 is 0. The number of nitro benzene ring substituents is 1. The first-order valence-electron chi connectivity index (χ1n) is 8.35. The van der Waals surface area contributed by atoms with Gasteiger partial charge in [0.15, 0.2) is 0 Å². The fraction of sp³-hybridized carbons (Fsp3) is 0. The molecule has 0 aliphatic carbocycles. The summed E-state index contributed by atoms with van der Waals surface area (Å²) in [6.45, 7) is 0. The molecule has 0 N–H and O–H groups in total. The van der Waals surface area contributed by atoms with Gasteiger partial charge in [-0.1, -0.05) is 42.5 Å². The Kier molecular flexibility index (Phi) is 4.25. The molecule has 0 fully saturated rings. The quantitative estimate of drug-likeness (QED) is 0.403. The third-order valence-electron chi connectivity index (χ3n) is 4.33. The van der Waals surface area contributed by atoms with Gasteiger partial charge in [-0.15, -0.1) is 0 Å². The van der Waals surface area contributed by atoms with Gasteiger partial charge in [-0.25, -0.2) is 4.98 Å². The topological polar surface area (TPSA) is 109 Å². The summed E-state index contributed by atoms with van der Waals surface area (Å²) in [4.78, 5) is 30.7. The number of nitrogens with zero attached hydrogens (tertiary/aromatic N) is 3. The van der Waals surface area contributed by atoms with Crippen LogP contribution in [0.15, 0.2) is 72.9 Å². The summed E-state index contributed by atoms with van der Waals surface area (Å²) in [5.74, 6) is -1.25. The smallest absolute Gasteiger partial charge is 0.270 e. The molecule has 0 aliphatic rings. The van der Waals surface area contributed by atoms with Gasteiger partial charge < -0.3 is 9.90 Å². The van der Waals surface area contributed by atoms with Crippen LogP contribution in [-0.2, 0) is 0 Å². The number of benzene rings is 2. The van der Waals surface area contributed by atoms with Crippen LogP contribution in [-0.4, -0.2) is 20.9 Å². The van der Waals surface area contributed by atoms with E-state index >= 15 is 0 Å². The second-order valence-electron chi connectivity index (χ2n) is 6.10. The molecule has 2 heterocycles. The second-order valence-corrected chi connectivity index (χ2v) is 6.10. The maximum Gasteiger partial charge on any atom is 0.270 e. The lowest BCUT2D eigenvalue weighted by Gasteiger charge is -2.10. The highest BCUT2D eigenvalue weighted by Crippen LogP contribution is 2.31. The van der Waals surface area contributed by atoms with E-state index in [1.807, 2.05) is 12.1 Å². The molecule has 0 spiro atoms. The van der Waals surface area contributed by atoms with Crippen molar-refractivity contribution in [2.45, 2.75) is 0 Å². The predicted octanol–water partition coefficient (Wildman–Crippen LogP) is 3.24. The third-order valence-corrected chi connectivity index (χ3v) is 4.33. The SMILES string of the molecule is O=C([O-])c1ccc(-c2cc3cccnc3c(-c3cccc([N+](=O)[O-])c3)n2)cc1. The zero-order valence-corrected chi connectivity index (χ0v) is 14.4. The van der Waals surface area contributed by atoms with Crippen LogP contribution in [0.2, 0.25) is 0 Å². The van der Waals surface area contributed by atoms with Crippen molar-refractivity contribution in [2.75, 3.05) is 0 Å². The minimum absolute atomic E-state index is 0.0351. The average molecular weight is 370 g/mol. The molecule has 136 valence electrons. The number of hydrogen-bond donors (Lipinski definition) is 0. The van der Waals surface area contributed by atoms with E-state index < -0.39 is 10.9 Å². The van der Waals surface area contributed by atoms with E-state index in [0.29, 0.717) is 28.0 Å². The van der Waals surface area contributed by atoms with Crippen molar-refractivity contribution in [1.29, 1.82) is 0 Å². The number of carbonyl (C=O) groups is 1. The Morgan fingerprint density at radius 3 is 2.43 bits per heavy atom. The lowest BCUT2D eigenvalue weighted by molar-refractivity contribution is -0.384. The summed E-state index contributed by atoms with van der Waals surface area (Å²) < 4.78 is 0. The monoisotopic (exact) mass is 370 g/mol. The van der Waals surface area contributed by atoms with Crippen molar-refractivity contribution in [3.63, 3.8) is 0 Å².